The van der Waals surface area contributed by atoms with Gasteiger partial charge < -0.3 is 5.32 Å². The standard InChI is InChI=1S/C16H15N5O/c1-12-3-2-4-14(20-12)16(22)19-10-13-5-6-15(18-9-13)21-8-7-17-11-21/h2-9,11H,10H2,1H3,(H,19,22). The topological polar surface area (TPSA) is 72.7 Å². The van der Waals surface area contributed by atoms with Crippen molar-refractivity contribution < 1.29 is 4.79 Å². The fourth-order valence-corrected chi connectivity index (χ4v) is 2.01. The van der Waals surface area contributed by atoms with Gasteiger partial charge in [-0.15, -0.1) is 0 Å². The van der Waals surface area contributed by atoms with Crippen molar-refractivity contribution in [3.05, 3.63) is 72.2 Å². The third kappa shape index (κ3) is 3.17. The Morgan fingerprint density at radius 2 is 2.18 bits per heavy atom. The summed E-state index contributed by atoms with van der Waals surface area (Å²) in [5, 5.41) is 2.84. The lowest BCUT2D eigenvalue weighted by atomic mass is 10.2. The Morgan fingerprint density at radius 3 is 2.86 bits per heavy atom. The second-order valence-electron chi connectivity index (χ2n) is 4.84. The molecule has 0 fully saturated rings. The number of hydrogen-bond acceptors (Lipinski definition) is 4. The molecule has 0 radical (unpaired) electrons. The Hall–Kier alpha value is -3.02. The Labute approximate surface area is 127 Å². The van der Waals surface area contributed by atoms with E-state index in [1.807, 2.05) is 42.0 Å². The van der Waals surface area contributed by atoms with Crippen molar-refractivity contribution in [2.75, 3.05) is 0 Å². The van der Waals surface area contributed by atoms with Gasteiger partial charge in [-0.25, -0.2) is 15.0 Å². The second-order valence-corrected chi connectivity index (χ2v) is 4.84. The minimum Gasteiger partial charge on any atom is -0.347 e. The van der Waals surface area contributed by atoms with Gasteiger partial charge in [-0.05, 0) is 30.7 Å². The number of carbonyl (C=O) groups excluding carboxylic acids is 1. The molecule has 6 nitrogen and oxygen atoms in total. The number of aryl methyl sites for hydroxylation is 1. The van der Waals surface area contributed by atoms with Crippen molar-refractivity contribution in [2.24, 2.45) is 0 Å². The second kappa shape index (κ2) is 6.17. The van der Waals surface area contributed by atoms with Gasteiger partial charge in [0, 0.05) is 30.8 Å². The lowest BCUT2D eigenvalue weighted by Gasteiger charge is -2.06. The van der Waals surface area contributed by atoms with Crippen molar-refractivity contribution in [2.45, 2.75) is 13.5 Å². The van der Waals surface area contributed by atoms with Gasteiger partial charge in [0.2, 0.25) is 0 Å². The summed E-state index contributed by atoms with van der Waals surface area (Å²) in [6.07, 6.45) is 6.95. The molecule has 0 aliphatic rings. The maximum atomic E-state index is 12.0. The van der Waals surface area contributed by atoms with Crippen LogP contribution in [-0.2, 0) is 6.54 Å². The van der Waals surface area contributed by atoms with Gasteiger partial charge in [-0.3, -0.25) is 9.36 Å². The minimum atomic E-state index is -0.192. The van der Waals surface area contributed by atoms with Gasteiger partial charge in [0.1, 0.15) is 17.8 Å². The molecule has 0 atom stereocenters. The average molecular weight is 293 g/mol. The zero-order valence-electron chi connectivity index (χ0n) is 12.1. The summed E-state index contributed by atoms with van der Waals surface area (Å²) in [4.78, 5) is 24.5. The van der Waals surface area contributed by atoms with Crippen LogP contribution in [0.4, 0.5) is 0 Å². The molecule has 110 valence electrons. The van der Waals surface area contributed by atoms with Crippen molar-refractivity contribution in [3.63, 3.8) is 0 Å². The summed E-state index contributed by atoms with van der Waals surface area (Å²) in [5.41, 5.74) is 2.16. The zero-order valence-corrected chi connectivity index (χ0v) is 12.1. The van der Waals surface area contributed by atoms with Gasteiger partial charge in [-0.1, -0.05) is 12.1 Å². The number of pyridine rings is 2. The number of aromatic nitrogens is 4. The van der Waals surface area contributed by atoms with E-state index < -0.39 is 0 Å². The van der Waals surface area contributed by atoms with Gasteiger partial charge >= 0.3 is 0 Å². The highest BCUT2D eigenvalue weighted by atomic mass is 16.1. The first kappa shape index (κ1) is 13.9. The predicted octanol–water partition coefficient (Wildman–Crippen LogP) is 1.90. The monoisotopic (exact) mass is 293 g/mol. The molecule has 6 heteroatoms. The summed E-state index contributed by atoms with van der Waals surface area (Å²) >= 11 is 0. The highest BCUT2D eigenvalue weighted by Crippen LogP contribution is 2.05. The number of rotatable bonds is 4. The number of imidazole rings is 1. The summed E-state index contributed by atoms with van der Waals surface area (Å²) < 4.78 is 1.82. The van der Waals surface area contributed by atoms with Gasteiger partial charge in [0.15, 0.2) is 0 Å². The van der Waals surface area contributed by atoms with Crippen LogP contribution >= 0.6 is 0 Å². The van der Waals surface area contributed by atoms with Crippen LogP contribution in [0, 0.1) is 6.92 Å². The van der Waals surface area contributed by atoms with Crippen molar-refractivity contribution >= 4 is 5.91 Å². The van der Waals surface area contributed by atoms with Crippen LogP contribution in [-0.4, -0.2) is 25.4 Å². The maximum Gasteiger partial charge on any atom is 0.270 e. The third-order valence-corrected chi connectivity index (χ3v) is 3.15. The Balaban J connectivity index is 1.63. The van der Waals surface area contributed by atoms with E-state index in [2.05, 4.69) is 20.3 Å². The van der Waals surface area contributed by atoms with Crippen molar-refractivity contribution in [3.8, 4) is 5.82 Å². The summed E-state index contributed by atoms with van der Waals surface area (Å²) in [7, 11) is 0. The lowest BCUT2D eigenvalue weighted by molar-refractivity contribution is 0.0945. The fraction of sp³-hybridized carbons (Fsp3) is 0.125. The van der Waals surface area contributed by atoms with Crippen LogP contribution in [0.25, 0.3) is 5.82 Å². The molecule has 0 bridgehead atoms. The van der Waals surface area contributed by atoms with E-state index >= 15 is 0 Å². The highest BCUT2D eigenvalue weighted by molar-refractivity contribution is 5.92. The Bertz CT molecular complexity index is 765. The van der Waals surface area contributed by atoms with Crippen LogP contribution in [0.3, 0.4) is 0 Å². The molecule has 0 saturated heterocycles. The first-order chi connectivity index (χ1) is 10.7. The number of nitrogens with one attached hydrogen (secondary N) is 1. The molecular weight excluding hydrogens is 278 g/mol. The van der Waals surface area contributed by atoms with E-state index in [0.29, 0.717) is 12.2 Å². The number of hydrogen-bond donors (Lipinski definition) is 1. The molecule has 0 unspecified atom stereocenters. The molecule has 3 aromatic heterocycles. The molecule has 3 aromatic rings. The molecule has 0 spiro atoms. The van der Waals surface area contributed by atoms with Crippen LogP contribution in [0.2, 0.25) is 0 Å². The SMILES string of the molecule is Cc1cccc(C(=O)NCc2ccc(-n3ccnc3)nc2)n1. The van der Waals surface area contributed by atoms with E-state index in [1.165, 1.54) is 0 Å². The zero-order chi connectivity index (χ0) is 15.4. The number of carbonyl (C=O) groups is 1. The third-order valence-electron chi connectivity index (χ3n) is 3.15. The molecule has 1 N–H and O–H groups in total. The van der Waals surface area contributed by atoms with Gasteiger partial charge in [0.25, 0.3) is 5.91 Å². The van der Waals surface area contributed by atoms with E-state index in [-0.39, 0.29) is 5.91 Å². The van der Waals surface area contributed by atoms with Crippen LogP contribution < -0.4 is 5.32 Å². The van der Waals surface area contributed by atoms with Crippen molar-refractivity contribution in [1.29, 1.82) is 0 Å². The Morgan fingerprint density at radius 1 is 1.27 bits per heavy atom. The average Bonchev–Trinajstić information content (AvgIpc) is 3.07. The molecule has 3 rings (SSSR count). The smallest absolute Gasteiger partial charge is 0.270 e. The fourth-order valence-electron chi connectivity index (χ4n) is 2.01. The molecule has 0 aliphatic carbocycles. The summed E-state index contributed by atoms with van der Waals surface area (Å²) in [6.45, 7) is 2.27. The van der Waals surface area contributed by atoms with Crippen molar-refractivity contribution in [1.82, 2.24) is 24.8 Å². The van der Waals surface area contributed by atoms with Crippen LogP contribution in [0.5, 0.6) is 0 Å². The summed E-state index contributed by atoms with van der Waals surface area (Å²) in [5.74, 6) is 0.593. The summed E-state index contributed by atoms with van der Waals surface area (Å²) in [6, 6.07) is 9.18. The maximum absolute atomic E-state index is 12.0. The van der Waals surface area contributed by atoms with Crippen LogP contribution in [0.15, 0.2) is 55.2 Å². The molecule has 3 heterocycles. The minimum absolute atomic E-state index is 0.192. The molecule has 0 aromatic carbocycles. The number of amides is 1. The van der Waals surface area contributed by atoms with Gasteiger partial charge in [-0.2, -0.15) is 0 Å². The molecular formula is C16H15N5O. The predicted molar refractivity (Wildman–Crippen MR) is 81.5 cm³/mol. The normalized spacial score (nSPS) is 10.4. The quantitative estimate of drug-likeness (QED) is 0.797. The number of nitrogens with zero attached hydrogens (tertiary/aromatic N) is 4. The Kier molecular flexibility index (Phi) is 3.91. The van der Waals surface area contributed by atoms with Crippen LogP contribution in [0.1, 0.15) is 21.7 Å². The van der Waals surface area contributed by atoms with Gasteiger partial charge in [0.05, 0.1) is 0 Å². The van der Waals surface area contributed by atoms with E-state index in [0.717, 1.165) is 17.1 Å². The molecule has 1 amide bonds. The molecule has 22 heavy (non-hydrogen) atoms. The molecule has 0 aliphatic heterocycles. The lowest BCUT2D eigenvalue weighted by Crippen LogP contribution is -2.24. The highest BCUT2D eigenvalue weighted by Gasteiger charge is 2.07. The molecule has 0 saturated carbocycles. The first-order valence-corrected chi connectivity index (χ1v) is 6.87. The largest absolute Gasteiger partial charge is 0.347 e. The van der Waals surface area contributed by atoms with E-state index in [9.17, 15) is 4.79 Å². The van der Waals surface area contributed by atoms with E-state index in [4.69, 9.17) is 0 Å². The van der Waals surface area contributed by atoms with E-state index in [1.54, 1.807) is 24.8 Å². The first-order valence-electron chi connectivity index (χ1n) is 6.87.